The summed E-state index contributed by atoms with van der Waals surface area (Å²) in [5.41, 5.74) is 0. The van der Waals surface area contributed by atoms with Gasteiger partial charge in [0.25, 0.3) is 5.97 Å². The van der Waals surface area contributed by atoms with Gasteiger partial charge >= 0.3 is 0 Å². The Kier molecular flexibility index (Phi) is 55.4. The van der Waals surface area contributed by atoms with Crippen molar-refractivity contribution < 1.29 is 18.6 Å². The minimum absolute atomic E-state index is 0.656. The van der Waals surface area contributed by atoms with Gasteiger partial charge in [0.15, 0.2) is 0 Å². The van der Waals surface area contributed by atoms with Crippen LogP contribution in [-0.2, 0) is 18.6 Å². The van der Waals surface area contributed by atoms with Crippen molar-refractivity contribution in [2.24, 2.45) is 0 Å². The van der Waals surface area contributed by atoms with E-state index >= 15 is 0 Å². The average Bonchev–Trinajstić information content (AvgIpc) is 3.28. The summed E-state index contributed by atoms with van der Waals surface area (Å²) in [5, 5.41) is 0. The van der Waals surface area contributed by atoms with Gasteiger partial charge in [0.05, 0.1) is 26.2 Å². The number of hydrogen-bond donors (Lipinski definition) is 0. The zero-order chi connectivity index (χ0) is 44.8. The quantitative estimate of drug-likeness (QED) is 0.0346. The van der Waals surface area contributed by atoms with Gasteiger partial charge in [-0.25, -0.2) is 0 Å². The Hall–Kier alpha value is 0.0569. The summed E-state index contributed by atoms with van der Waals surface area (Å²) < 4.78 is 25.5. The normalized spacial score (nSPS) is 12.0. The first kappa shape index (κ1) is 62.1. The first-order valence-corrected chi connectivity index (χ1v) is 30.0. The molecule has 0 saturated heterocycles. The van der Waals surface area contributed by atoms with Gasteiger partial charge in [-0.3, -0.25) is 0 Å². The van der Waals surface area contributed by atoms with E-state index in [0.29, 0.717) is 13.0 Å². The molecule has 62 heavy (non-hydrogen) atoms. The maximum absolute atomic E-state index is 6.60. The van der Waals surface area contributed by atoms with Crippen molar-refractivity contribution in [3.8, 4) is 0 Å². The van der Waals surface area contributed by atoms with Crippen LogP contribution in [-0.4, -0.2) is 42.9 Å². The van der Waals surface area contributed by atoms with E-state index < -0.39 is 5.97 Å². The third kappa shape index (κ3) is 49.5. The van der Waals surface area contributed by atoms with Crippen molar-refractivity contribution in [1.82, 2.24) is 0 Å². The fraction of sp³-hybridized carbons (Fsp3) is 1.00. The summed E-state index contributed by atoms with van der Waals surface area (Å²) in [5.74, 6) is -0.940. The number of rotatable bonds is 57. The van der Waals surface area contributed by atoms with Gasteiger partial charge in [-0.1, -0.05) is 310 Å². The molecular weight excluding hydrogens is 777 g/mol. The molecule has 0 radical (unpaired) electrons. The van der Waals surface area contributed by atoms with Crippen LogP contribution in [0.4, 0.5) is 0 Å². The van der Waals surface area contributed by atoms with Gasteiger partial charge in [0.1, 0.15) is 10.5 Å². The van der Waals surface area contributed by atoms with Gasteiger partial charge in [-0.05, 0) is 19.3 Å². The second kappa shape index (κ2) is 55.4. The maximum atomic E-state index is 6.60. The minimum atomic E-state index is -0.940. The molecule has 0 unspecified atom stereocenters. The van der Waals surface area contributed by atoms with Crippen LogP contribution in [0, 0.1) is 0 Å². The summed E-state index contributed by atoms with van der Waals surface area (Å²) in [6.07, 6.45) is 67.2. The molecule has 5 heteroatoms. The van der Waals surface area contributed by atoms with E-state index in [0.717, 1.165) is 49.6 Å². The van der Waals surface area contributed by atoms with Gasteiger partial charge in [-0.15, -0.1) is 0 Å². The van der Waals surface area contributed by atoms with Gasteiger partial charge in [0, 0.05) is 6.61 Å². The predicted octanol–water partition coefficient (Wildman–Crippen LogP) is 19.2. The number of unbranched alkanes of at least 4 members (excludes halogenated alkanes) is 45. The molecule has 0 atom stereocenters. The minimum Gasteiger partial charge on any atom is -0.428 e. The van der Waals surface area contributed by atoms with E-state index in [1.807, 2.05) is 0 Å². The van der Waals surface area contributed by atoms with E-state index in [9.17, 15) is 0 Å². The van der Waals surface area contributed by atoms with E-state index in [2.05, 4.69) is 20.8 Å². The Labute approximate surface area is 395 Å². The van der Waals surface area contributed by atoms with Gasteiger partial charge in [-0.2, -0.15) is 0 Å². The molecule has 0 rings (SSSR count). The monoisotopic (exact) mass is 895 g/mol. The number of ether oxygens (including phenoxy) is 3. The van der Waals surface area contributed by atoms with Crippen LogP contribution in [0.1, 0.15) is 335 Å². The molecule has 0 amide bonds. The summed E-state index contributed by atoms with van der Waals surface area (Å²) in [6, 6.07) is 0. The molecular formula is C57H118O4Si. The molecule has 0 fully saturated rings. The molecule has 0 aromatic carbocycles. The Morgan fingerprint density at radius 2 is 0.387 bits per heavy atom. The average molecular weight is 896 g/mol. The highest BCUT2D eigenvalue weighted by molar-refractivity contribution is 5.97. The molecule has 0 aromatic heterocycles. The lowest BCUT2D eigenvalue weighted by Gasteiger charge is -2.33. The molecule has 0 N–H and O–H groups in total. The molecule has 4 nitrogen and oxygen atoms in total. The summed E-state index contributed by atoms with van der Waals surface area (Å²) in [4.78, 5) is 0. The fourth-order valence-corrected chi connectivity index (χ4v) is 9.41. The molecule has 0 aliphatic heterocycles. The first-order valence-electron chi connectivity index (χ1n) is 29.2. The summed E-state index contributed by atoms with van der Waals surface area (Å²) >= 11 is 0. The highest BCUT2D eigenvalue weighted by Gasteiger charge is 2.33. The van der Waals surface area contributed by atoms with Crippen LogP contribution < -0.4 is 0 Å². The van der Waals surface area contributed by atoms with Gasteiger partial charge < -0.3 is 18.6 Å². The molecule has 0 aromatic rings. The van der Waals surface area contributed by atoms with Gasteiger partial charge in [0.2, 0.25) is 0 Å². The third-order valence-electron chi connectivity index (χ3n) is 13.6. The molecule has 0 saturated carbocycles. The Balaban J connectivity index is 4.39. The third-order valence-corrected chi connectivity index (χ3v) is 14.0. The molecule has 0 heterocycles. The zero-order valence-corrected chi connectivity index (χ0v) is 45.6. The van der Waals surface area contributed by atoms with E-state index in [-0.39, 0.29) is 0 Å². The SMILES string of the molecule is CCCCCCCCCCCCCCCCCCOC(CCO[SiH3])(OCCCCCCCCCCCCCCCCCC)OCCCCCCCCCCCCCCCCCC. The van der Waals surface area contributed by atoms with Crippen LogP contribution in [0.5, 0.6) is 0 Å². The van der Waals surface area contributed by atoms with Crippen LogP contribution in [0.2, 0.25) is 0 Å². The maximum Gasteiger partial charge on any atom is 0.285 e. The van der Waals surface area contributed by atoms with Crippen LogP contribution >= 0.6 is 0 Å². The molecule has 0 bridgehead atoms. The Bertz CT molecular complexity index is 687. The molecule has 0 spiro atoms. The second-order valence-corrected chi connectivity index (χ2v) is 20.5. The lowest BCUT2D eigenvalue weighted by molar-refractivity contribution is -0.385. The van der Waals surface area contributed by atoms with Crippen molar-refractivity contribution in [1.29, 1.82) is 0 Å². The van der Waals surface area contributed by atoms with Crippen molar-refractivity contribution in [3.05, 3.63) is 0 Å². The standard InChI is InChI=1S/C57H118O4Si/c1-4-7-10-13-16-19-22-25-28-31-34-37-40-43-46-49-53-58-57(52-56-61-62,59-54-50-47-44-41-38-35-32-29-26-23-20-17-14-11-8-5-2)60-55-51-48-45-42-39-36-33-30-27-24-21-18-15-12-9-6-3/h4-56H2,1-3,62H3. The van der Waals surface area contributed by atoms with Crippen LogP contribution in [0.3, 0.4) is 0 Å². The highest BCUT2D eigenvalue weighted by Crippen LogP contribution is 2.24. The topological polar surface area (TPSA) is 36.9 Å². The van der Waals surface area contributed by atoms with E-state index in [1.165, 1.54) is 289 Å². The molecule has 0 aliphatic carbocycles. The Morgan fingerprint density at radius 1 is 0.226 bits per heavy atom. The summed E-state index contributed by atoms with van der Waals surface area (Å²) in [6.45, 7) is 9.74. The molecule has 0 aliphatic rings. The Morgan fingerprint density at radius 3 is 0.548 bits per heavy atom. The van der Waals surface area contributed by atoms with Crippen LogP contribution in [0.25, 0.3) is 0 Å². The first-order chi connectivity index (χ1) is 30.7. The fourth-order valence-electron chi connectivity index (χ4n) is 9.20. The lowest BCUT2D eigenvalue weighted by Crippen LogP contribution is -2.41. The van der Waals surface area contributed by atoms with E-state index in [4.69, 9.17) is 18.6 Å². The second-order valence-electron chi connectivity index (χ2n) is 19.9. The van der Waals surface area contributed by atoms with Crippen molar-refractivity contribution in [3.63, 3.8) is 0 Å². The smallest absolute Gasteiger partial charge is 0.285 e. The van der Waals surface area contributed by atoms with E-state index in [1.54, 1.807) is 0 Å². The molecule has 374 valence electrons. The predicted molar refractivity (Wildman–Crippen MR) is 280 cm³/mol. The lowest BCUT2D eigenvalue weighted by atomic mass is 10.0. The largest absolute Gasteiger partial charge is 0.428 e. The zero-order valence-electron chi connectivity index (χ0n) is 43.6. The van der Waals surface area contributed by atoms with Crippen molar-refractivity contribution in [2.75, 3.05) is 26.4 Å². The van der Waals surface area contributed by atoms with Crippen molar-refractivity contribution in [2.45, 2.75) is 341 Å². The van der Waals surface area contributed by atoms with Crippen molar-refractivity contribution >= 4 is 10.5 Å². The summed E-state index contributed by atoms with van der Waals surface area (Å²) in [7, 11) is 0.736. The highest BCUT2D eigenvalue weighted by atomic mass is 28.2. The van der Waals surface area contributed by atoms with Crippen LogP contribution in [0.15, 0.2) is 0 Å². The number of hydrogen-bond acceptors (Lipinski definition) is 4.